The molecule has 0 amide bonds. The molecule has 1 fully saturated rings. The molecule has 0 radical (unpaired) electrons. The van der Waals surface area contributed by atoms with Crippen molar-refractivity contribution < 1.29 is 9.84 Å². The van der Waals surface area contributed by atoms with Gasteiger partial charge in [0.15, 0.2) is 11.5 Å². The van der Waals surface area contributed by atoms with Gasteiger partial charge < -0.3 is 9.84 Å². The van der Waals surface area contributed by atoms with Crippen LogP contribution in [0, 0.1) is 0 Å². The van der Waals surface area contributed by atoms with Crippen molar-refractivity contribution in [3.63, 3.8) is 0 Å². The van der Waals surface area contributed by atoms with E-state index in [9.17, 15) is 5.11 Å². The average molecular weight is 235 g/mol. The van der Waals surface area contributed by atoms with E-state index in [1.54, 1.807) is 7.11 Å². The van der Waals surface area contributed by atoms with Crippen molar-refractivity contribution in [3.8, 4) is 11.5 Å². The van der Waals surface area contributed by atoms with Crippen molar-refractivity contribution in [1.29, 1.82) is 0 Å². The number of phenolic OH excluding ortho intramolecular Hbond substituents is 1. The fraction of sp³-hybridized carbons (Fsp3) is 0.571. The highest BCUT2D eigenvalue weighted by molar-refractivity contribution is 5.41. The van der Waals surface area contributed by atoms with Gasteiger partial charge in [-0.1, -0.05) is 13.0 Å². The highest BCUT2D eigenvalue weighted by Crippen LogP contribution is 2.28. The fourth-order valence-corrected chi connectivity index (χ4v) is 2.63. The smallest absolute Gasteiger partial charge is 0.160 e. The maximum absolute atomic E-state index is 9.74. The van der Waals surface area contributed by atoms with Gasteiger partial charge >= 0.3 is 0 Å². The van der Waals surface area contributed by atoms with E-state index >= 15 is 0 Å². The van der Waals surface area contributed by atoms with E-state index < -0.39 is 0 Å². The molecule has 1 aromatic carbocycles. The molecule has 3 heteroatoms. The second kappa shape index (κ2) is 5.41. The molecule has 94 valence electrons. The minimum atomic E-state index is 0.234. The van der Waals surface area contributed by atoms with Crippen LogP contribution < -0.4 is 4.74 Å². The lowest BCUT2D eigenvalue weighted by molar-refractivity contribution is 0.239. The van der Waals surface area contributed by atoms with Gasteiger partial charge in [0, 0.05) is 12.6 Å². The number of nitrogens with zero attached hydrogens (tertiary/aromatic N) is 1. The van der Waals surface area contributed by atoms with Crippen LogP contribution in [-0.4, -0.2) is 29.7 Å². The Morgan fingerprint density at radius 2 is 2.29 bits per heavy atom. The molecule has 1 N–H and O–H groups in total. The van der Waals surface area contributed by atoms with Gasteiger partial charge in [-0.05, 0) is 43.5 Å². The molecule has 1 aliphatic rings. The second-order valence-electron chi connectivity index (χ2n) is 4.68. The lowest BCUT2D eigenvalue weighted by Gasteiger charge is -2.23. The number of rotatable bonds is 4. The van der Waals surface area contributed by atoms with Crippen LogP contribution in [0.5, 0.6) is 11.5 Å². The molecule has 1 aromatic rings. The number of likely N-dealkylation sites (tertiary alicyclic amines) is 1. The molecule has 1 heterocycles. The Kier molecular flexibility index (Phi) is 3.89. The van der Waals surface area contributed by atoms with E-state index in [2.05, 4.69) is 11.8 Å². The van der Waals surface area contributed by atoms with Crippen LogP contribution in [0.3, 0.4) is 0 Å². The molecule has 17 heavy (non-hydrogen) atoms. The van der Waals surface area contributed by atoms with Crippen molar-refractivity contribution in [2.24, 2.45) is 0 Å². The summed E-state index contributed by atoms with van der Waals surface area (Å²) < 4.78 is 5.05. The summed E-state index contributed by atoms with van der Waals surface area (Å²) in [6.45, 7) is 4.34. The van der Waals surface area contributed by atoms with Gasteiger partial charge in [-0.25, -0.2) is 0 Å². The number of benzene rings is 1. The van der Waals surface area contributed by atoms with Gasteiger partial charge in [-0.3, -0.25) is 4.90 Å². The minimum Gasteiger partial charge on any atom is -0.504 e. The Bertz CT molecular complexity index is 378. The molecule has 0 aliphatic carbocycles. The first-order chi connectivity index (χ1) is 8.24. The molecule has 0 saturated carbocycles. The number of hydrogen-bond acceptors (Lipinski definition) is 3. The summed E-state index contributed by atoms with van der Waals surface area (Å²) in [6.07, 6.45) is 3.81. The first kappa shape index (κ1) is 12.2. The minimum absolute atomic E-state index is 0.234. The Morgan fingerprint density at radius 1 is 1.47 bits per heavy atom. The van der Waals surface area contributed by atoms with E-state index in [4.69, 9.17) is 4.74 Å². The van der Waals surface area contributed by atoms with Crippen LogP contribution >= 0.6 is 0 Å². The summed E-state index contributed by atoms with van der Waals surface area (Å²) in [7, 11) is 1.57. The number of hydrogen-bond donors (Lipinski definition) is 1. The van der Waals surface area contributed by atoms with E-state index in [0.29, 0.717) is 11.8 Å². The SMILES string of the molecule is CCC1CCCN1Cc1ccc(OC)c(O)c1. The lowest BCUT2D eigenvalue weighted by atomic mass is 10.1. The van der Waals surface area contributed by atoms with Crippen LogP contribution in [0.4, 0.5) is 0 Å². The third-order valence-corrected chi connectivity index (χ3v) is 3.60. The zero-order chi connectivity index (χ0) is 12.3. The summed E-state index contributed by atoms with van der Waals surface area (Å²) in [6, 6.07) is 6.38. The Labute approximate surface area is 103 Å². The molecular formula is C14H21NO2. The van der Waals surface area contributed by atoms with E-state index in [0.717, 1.165) is 12.1 Å². The normalized spacial score (nSPS) is 20.7. The zero-order valence-corrected chi connectivity index (χ0v) is 10.6. The monoisotopic (exact) mass is 235 g/mol. The summed E-state index contributed by atoms with van der Waals surface area (Å²) in [5.74, 6) is 0.777. The molecule has 0 aromatic heterocycles. The van der Waals surface area contributed by atoms with Gasteiger partial charge in [0.25, 0.3) is 0 Å². The van der Waals surface area contributed by atoms with Crippen molar-refractivity contribution in [2.75, 3.05) is 13.7 Å². The zero-order valence-electron chi connectivity index (χ0n) is 10.6. The highest BCUT2D eigenvalue weighted by atomic mass is 16.5. The standard InChI is InChI=1S/C14H21NO2/c1-3-12-5-4-8-15(12)10-11-6-7-14(17-2)13(16)9-11/h6-7,9,12,16H,3-5,8,10H2,1-2H3. The van der Waals surface area contributed by atoms with Gasteiger partial charge in [-0.15, -0.1) is 0 Å². The molecule has 3 nitrogen and oxygen atoms in total. The van der Waals surface area contributed by atoms with E-state index in [-0.39, 0.29) is 5.75 Å². The first-order valence-electron chi connectivity index (χ1n) is 6.34. The summed E-state index contributed by atoms with van der Waals surface area (Å²) >= 11 is 0. The van der Waals surface area contributed by atoms with Crippen molar-refractivity contribution in [2.45, 2.75) is 38.8 Å². The maximum Gasteiger partial charge on any atom is 0.160 e. The number of methoxy groups -OCH3 is 1. The second-order valence-corrected chi connectivity index (χ2v) is 4.68. The Hall–Kier alpha value is -1.22. The van der Waals surface area contributed by atoms with Crippen molar-refractivity contribution >= 4 is 0 Å². The van der Waals surface area contributed by atoms with Crippen LogP contribution in [0.1, 0.15) is 31.7 Å². The van der Waals surface area contributed by atoms with Crippen LogP contribution in [-0.2, 0) is 6.54 Å². The lowest BCUT2D eigenvalue weighted by Crippen LogP contribution is -2.28. The largest absolute Gasteiger partial charge is 0.504 e. The number of ether oxygens (including phenoxy) is 1. The molecule has 1 atom stereocenters. The van der Waals surface area contributed by atoms with Gasteiger partial charge in [0.1, 0.15) is 0 Å². The first-order valence-corrected chi connectivity index (χ1v) is 6.34. The average Bonchev–Trinajstić information content (AvgIpc) is 2.76. The highest BCUT2D eigenvalue weighted by Gasteiger charge is 2.22. The number of phenols is 1. The third-order valence-electron chi connectivity index (χ3n) is 3.60. The fourth-order valence-electron chi connectivity index (χ4n) is 2.63. The molecule has 1 unspecified atom stereocenters. The summed E-state index contributed by atoms with van der Waals surface area (Å²) in [5.41, 5.74) is 1.16. The predicted octanol–water partition coefficient (Wildman–Crippen LogP) is 2.78. The van der Waals surface area contributed by atoms with Crippen LogP contribution in [0.15, 0.2) is 18.2 Å². The Balaban J connectivity index is 2.05. The topological polar surface area (TPSA) is 32.7 Å². The summed E-state index contributed by atoms with van der Waals surface area (Å²) in [4.78, 5) is 2.50. The number of aromatic hydroxyl groups is 1. The quantitative estimate of drug-likeness (QED) is 0.871. The molecule has 2 rings (SSSR count). The van der Waals surface area contributed by atoms with E-state index in [1.807, 2.05) is 18.2 Å². The molecule has 0 bridgehead atoms. The Morgan fingerprint density at radius 3 is 2.94 bits per heavy atom. The predicted molar refractivity (Wildman–Crippen MR) is 68.4 cm³/mol. The third kappa shape index (κ3) is 2.72. The van der Waals surface area contributed by atoms with Gasteiger partial charge in [0.2, 0.25) is 0 Å². The van der Waals surface area contributed by atoms with Gasteiger partial charge in [0.05, 0.1) is 7.11 Å². The molecular weight excluding hydrogens is 214 g/mol. The summed E-state index contributed by atoms with van der Waals surface area (Å²) in [5, 5.41) is 9.74. The van der Waals surface area contributed by atoms with Gasteiger partial charge in [-0.2, -0.15) is 0 Å². The molecule has 0 spiro atoms. The van der Waals surface area contributed by atoms with E-state index in [1.165, 1.54) is 25.8 Å². The maximum atomic E-state index is 9.74. The molecule has 1 aliphatic heterocycles. The molecule has 1 saturated heterocycles. The van der Waals surface area contributed by atoms with Crippen molar-refractivity contribution in [3.05, 3.63) is 23.8 Å². The van der Waals surface area contributed by atoms with Crippen molar-refractivity contribution in [1.82, 2.24) is 4.90 Å². The van der Waals surface area contributed by atoms with Crippen LogP contribution in [0.25, 0.3) is 0 Å². The van der Waals surface area contributed by atoms with Crippen LogP contribution in [0.2, 0.25) is 0 Å².